The molecule has 30 heavy (non-hydrogen) atoms. The molecule has 3 nitrogen and oxygen atoms in total. The van der Waals surface area contributed by atoms with Crippen LogP contribution in [0.2, 0.25) is 0 Å². The number of anilines is 1. The number of carbonyl (C=O) groups excluding carboxylic acids is 1. The van der Waals surface area contributed by atoms with Crippen molar-refractivity contribution < 1.29 is 13.6 Å². The van der Waals surface area contributed by atoms with Crippen LogP contribution < -0.4 is 4.90 Å². The lowest BCUT2D eigenvalue weighted by Crippen LogP contribution is -2.63. The van der Waals surface area contributed by atoms with Gasteiger partial charge in [0.1, 0.15) is 0 Å². The second-order valence-electron chi connectivity index (χ2n) is 10.8. The molecular weight excluding hydrogens is 382 g/mol. The molecule has 1 atom stereocenters. The highest BCUT2D eigenvalue weighted by atomic mass is 19.3. The summed E-state index contributed by atoms with van der Waals surface area (Å²) in [6, 6.07) is 8.85. The molecule has 0 radical (unpaired) electrons. The SMILES string of the molecule is CC(C)c1ccc(N2CC3(CC(CC(=O)N4CCC(C(C)C)C(F)(F)C4)C3)C2)cc1. The third-order valence-corrected chi connectivity index (χ3v) is 7.70. The minimum Gasteiger partial charge on any atom is -0.370 e. The third-order valence-electron chi connectivity index (χ3n) is 7.70. The van der Waals surface area contributed by atoms with Crippen LogP contribution in [-0.4, -0.2) is 42.9 Å². The van der Waals surface area contributed by atoms with Crippen LogP contribution >= 0.6 is 0 Å². The van der Waals surface area contributed by atoms with E-state index in [1.165, 1.54) is 16.2 Å². The van der Waals surface area contributed by atoms with Crippen LogP contribution in [0, 0.1) is 23.2 Å². The molecule has 3 aliphatic rings. The molecule has 1 aromatic rings. The van der Waals surface area contributed by atoms with E-state index in [0.29, 0.717) is 36.6 Å². The van der Waals surface area contributed by atoms with Crippen LogP contribution in [0.4, 0.5) is 14.5 Å². The largest absolute Gasteiger partial charge is 0.370 e. The van der Waals surface area contributed by atoms with Crippen LogP contribution in [0.15, 0.2) is 24.3 Å². The summed E-state index contributed by atoms with van der Waals surface area (Å²) in [4.78, 5) is 16.5. The number of carbonyl (C=O) groups is 1. The van der Waals surface area contributed by atoms with Gasteiger partial charge in [-0.2, -0.15) is 0 Å². The van der Waals surface area contributed by atoms with Crippen LogP contribution in [0.5, 0.6) is 0 Å². The maximum absolute atomic E-state index is 14.4. The molecule has 1 spiro atoms. The summed E-state index contributed by atoms with van der Waals surface area (Å²) >= 11 is 0. The van der Waals surface area contributed by atoms with E-state index in [1.807, 2.05) is 13.8 Å². The first kappa shape index (κ1) is 21.6. The molecule has 3 fully saturated rings. The molecule has 0 aromatic heterocycles. The molecule has 1 saturated carbocycles. The van der Waals surface area contributed by atoms with Gasteiger partial charge in [0.2, 0.25) is 5.91 Å². The first-order chi connectivity index (χ1) is 14.1. The fourth-order valence-electron chi connectivity index (χ4n) is 5.95. The molecule has 2 aliphatic heterocycles. The van der Waals surface area contributed by atoms with Gasteiger partial charge in [0.25, 0.3) is 5.92 Å². The molecule has 1 amide bonds. The van der Waals surface area contributed by atoms with E-state index in [0.717, 1.165) is 25.9 Å². The van der Waals surface area contributed by atoms with E-state index in [1.54, 1.807) is 0 Å². The fraction of sp³-hybridized carbons (Fsp3) is 0.720. The zero-order chi connectivity index (χ0) is 21.7. The van der Waals surface area contributed by atoms with Crippen molar-refractivity contribution >= 4 is 11.6 Å². The van der Waals surface area contributed by atoms with Gasteiger partial charge in [-0.25, -0.2) is 8.78 Å². The molecule has 2 saturated heterocycles. The average molecular weight is 419 g/mol. The molecule has 2 heterocycles. The number of hydrogen-bond acceptors (Lipinski definition) is 2. The van der Waals surface area contributed by atoms with Crippen molar-refractivity contribution in [3.8, 4) is 0 Å². The van der Waals surface area contributed by atoms with Crippen molar-refractivity contribution in [1.82, 2.24) is 4.90 Å². The Hall–Kier alpha value is -1.65. The highest BCUT2D eigenvalue weighted by Gasteiger charge is 2.53. The van der Waals surface area contributed by atoms with Gasteiger partial charge in [0.15, 0.2) is 0 Å². The number of hydrogen-bond donors (Lipinski definition) is 0. The average Bonchev–Trinajstić information content (AvgIpc) is 2.61. The predicted octanol–water partition coefficient (Wildman–Crippen LogP) is 5.56. The molecule has 5 heteroatoms. The Morgan fingerprint density at radius 3 is 2.23 bits per heavy atom. The lowest BCUT2D eigenvalue weighted by Gasteiger charge is -2.60. The first-order valence-corrected chi connectivity index (χ1v) is 11.6. The second-order valence-corrected chi connectivity index (χ2v) is 10.8. The number of benzene rings is 1. The third kappa shape index (κ3) is 4.09. The molecule has 4 rings (SSSR count). The summed E-state index contributed by atoms with van der Waals surface area (Å²) in [6.45, 7) is 10.3. The van der Waals surface area contributed by atoms with Crippen LogP contribution in [0.3, 0.4) is 0 Å². The van der Waals surface area contributed by atoms with Gasteiger partial charge in [-0.05, 0) is 54.7 Å². The first-order valence-electron chi connectivity index (χ1n) is 11.6. The number of amides is 1. The Bertz CT molecular complexity index is 760. The van der Waals surface area contributed by atoms with Gasteiger partial charge in [0.05, 0.1) is 6.54 Å². The maximum atomic E-state index is 14.4. The topological polar surface area (TPSA) is 23.6 Å². The zero-order valence-corrected chi connectivity index (χ0v) is 18.8. The molecule has 0 N–H and O–H groups in total. The Balaban J connectivity index is 1.23. The van der Waals surface area contributed by atoms with Gasteiger partial charge in [0, 0.05) is 43.1 Å². The van der Waals surface area contributed by atoms with E-state index in [2.05, 4.69) is 43.0 Å². The Morgan fingerprint density at radius 2 is 1.70 bits per heavy atom. The number of likely N-dealkylation sites (tertiary alicyclic amines) is 1. The standard InChI is InChI=1S/C25H36F2N2O/c1-17(2)20-5-7-21(8-6-20)29-14-24(15-29)12-19(13-24)11-23(30)28-10-9-22(18(3)4)25(26,27)16-28/h5-8,17-19,22H,9-16H2,1-4H3. The summed E-state index contributed by atoms with van der Waals surface area (Å²) < 4.78 is 28.8. The summed E-state index contributed by atoms with van der Waals surface area (Å²) in [5, 5.41) is 0. The van der Waals surface area contributed by atoms with Crippen molar-refractivity contribution in [3.63, 3.8) is 0 Å². The number of rotatable bonds is 5. The molecule has 1 aliphatic carbocycles. The minimum atomic E-state index is -2.76. The van der Waals surface area contributed by atoms with Crippen LogP contribution in [-0.2, 0) is 4.79 Å². The minimum absolute atomic E-state index is 0.0492. The van der Waals surface area contributed by atoms with Gasteiger partial charge in [-0.3, -0.25) is 4.79 Å². The normalized spacial score (nSPS) is 25.5. The number of alkyl halides is 2. The van der Waals surface area contributed by atoms with E-state index < -0.39 is 18.4 Å². The van der Waals surface area contributed by atoms with E-state index >= 15 is 0 Å². The highest BCUT2D eigenvalue weighted by molar-refractivity contribution is 5.77. The van der Waals surface area contributed by atoms with Crippen molar-refractivity contribution in [3.05, 3.63) is 29.8 Å². The summed E-state index contributed by atoms with van der Waals surface area (Å²) in [5.41, 5.74) is 2.98. The van der Waals surface area contributed by atoms with Crippen LogP contribution in [0.1, 0.15) is 64.9 Å². The van der Waals surface area contributed by atoms with Crippen molar-refractivity contribution in [2.24, 2.45) is 23.2 Å². The predicted molar refractivity (Wildman–Crippen MR) is 117 cm³/mol. The fourth-order valence-corrected chi connectivity index (χ4v) is 5.95. The van der Waals surface area contributed by atoms with Gasteiger partial charge in [-0.1, -0.05) is 39.8 Å². The van der Waals surface area contributed by atoms with E-state index in [4.69, 9.17) is 0 Å². The monoisotopic (exact) mass is 418 g/mol. The molecular formula is C25H36F2N2O. The summed E-state index contributed by atoms with van der Waals surface area (Å²) in [7, 11) is 0. The van der Waals surface area contributed by atoms with Gasteiger partial charge < -0.3 is 9.80 Å². The van der Waals surface area contributed by atoms with Crippen molar-refractivity contribution in [1.29, 1.82) is 0 Å². The lowest BCUT2D eigenvalue weighted by molar-refractivity contribution is -0.157. The molecule has 1 aromatic carbocycles. The van der Waals surface area contributed by atoms with Crippen molar-refractivity contribution in [2.45, 2.75) is 65.2 Å². The molecule has 166 valence electrons. The second kappa shape index (κ2) is 7.80. The molecule has 0 bridgehead atoms. The molecule has 1 unspecified atom stereocenters. The quantitative estimate of drug-likeness (QED) is 0.625. The Kier molecular flexibility index (Phi) is 5.61. The zero-order valence-electron chi connectivity index (χ0n) is 18.8. The highest BCUT2D eigenvalue weighted by Crippen LogP contribution is 2.54. The van der Waals surface area contributed by atoms with E-state index in [-0.39, 0.29) is 11.8 Å². The maximum Gasteiger partial charge on any atom is 0.268 e. The number of nitrogens with zero attached hydrogens (tertiary/aromatic N) is 2. The van der Waals surface area contributed by atoms with Crippen LogP contribution in [0.25, 0.3) is 0 Å². The smallest absolute Gasteiger partial charge is 0.268 e. The van der Waals surface area contributed by atoms with E-state index in [9.17, 15) is 13.6 Å². The number of halogens is 2. The van der Waals surface area contributed by atoms with Gasteiger partial charge >= 0.3 is 0 Å². The summed E-state index contributed by atoms with van der Waals surface area (Å²) in [6.07, 6.45) is 2.96. The Morgan fingerprint density at radius 1 is 1.07 bits per heavy atom. The van der Waals surface area contributed by atoms with Gasteiger partial charge in [-0.15, -0.1) is 0 Å². The Labute approximate surface area is 179 Å². The van der Waals surface area contributed by atoms with Crippen molar-refractivity contribution in [2.75, 3.05) is 31.1 Å². The summed E-state index contributed by atoms with van der Waals surface area (Å²) in [5.74, 6) is -2.59. The lowest BCUT2D eigenvalue weighted by atomic mass is 9.57. The number of piperidine rings is 1.